The molecule has 2 aliphatic rings. The van der Waals surface area contributed by atoms with Crippen LogP contribution in [0.3, 0.4) is 0 Å². The third-order valence-corrected chi connectivity index (χ3v) is 15.4. The molecule has 4 atom stereocenters. The number of aryl methyl sites for hydroxylation is 2. The molecule has 2 aliphatic carbocycles. The molecule has 0 amide bonds. The van der Waals surface area contributed by atoms with Crippen molar-refractivity contribution in [2.24, 2.45) is 11.8 Å². The zero-order valence-electron chi connectivity index (χ0n) is 39.9. The van der Waals surface area contributed by atoms with Gasteiger partial charge in [0.2, 0.25) is 11.8 Å². The van der Waals surface area contributed by atoms with Crippen molar-refractivity contribution in [1.82, 2.24) is 9.97 Å². The van der Waals surface area contributed by atoms with Gasteiger partial charge in [-0.25, -0.2) is 36.4 Å². The predicted octanol–water partition coefficient (Wildman–Crippen LogP) is 5.24. The number of carbonyl (C=O) groups excluding carboxylic acids is 3. The number of ether oxygens (including phenoxy) is 3. The topological polar surface area (TPSA) is 267 Å². The van der Waals surface area contributed by atoms with Gasteiger partial charge < -0.3 is 33.6 Å². The Kier molecular flexibility index (Phi) is 19.8. The van der Waals surface area contributed by atoms with Crippen molar-refractivity contribution < 1.29 is 99.2 Å². The van der Waals surface area contributed by atoms with Crippen LogP contribution in [0, 0.1) is 25.7 Å². The van der Waals surface area contributed by atoms with E-state index in [-0.39, 0.29) is 94.6 Å². The first-order valence-electron chi connectivity index (χ1n) is 21.5. The van der Waals surface area contributed by atoms with E-state index in [1.54, 1.807) is 50.2 Å². The Hall–Kier alpha value is -4.40. The van der Waals surface area contributed by atoms with Crippen molar-refractivity contribution >= 4 is 43.6 Å². The Labute approximate surface area is 414 Å². The van der Waals surface area contributed by atoms with Gasteiger partial charge in [0.15, 0.2) is 19.7 Å². The molecule has 0 bridgehead atoms. The molecule has 362 valence electrons. The summed E-state index contributed by atoms with van der Waals surface area (Å²) >= 11 is 0. The molecule has 17 nitrogen and oxygen atoms in total. The summed E-state index contributed by atoms with van der Waals surface area (Å²) in [4.78, 5) is 55.5. The number of benzene rings is 2. The maximum Gasteiger partial charge on any atom is 1.00 e. The van der Waals surface area contributed by atoms with Crippen LogP contribution in [0.2, 0.25) is 0 Å². The first-order chi connectivity index (χ1) is 30.2. The number of nitrogens with zero attached hydrogens (tertiary/aromatic N) is 2. The van der Waals surface area contributed by atoms with Gasteiger partial charge in [0, 0.05) is 24.0 Å². The maximum absolute atomic E-state index is 13.1. The summed E-state index contributed by atoms with van der Waals surface area (Å²) in [6.07, 6.45) is 3.72. The van der Waals surface area contributed by atoms with Gasteiger partial charge in [-0.1, -0.05) is 0 Å². The fraction of sp³-hybridized carbons (Fsp3) is 0.532. The molecule has 67 heavy (non-hydrogen) atoms. The minimum absolute atomic E-state index is 0. The van der Waals surface area contributed by atoms with Crippen LogP contribution in [0.5, 0.6) is 0 Å². The summed E-state index contributed by atoms with van der Waals surface area (Å²) < 4.78 is 78.9. The fourth-order valence-electron chi connectivity index (χ4n) is 7.93. The molecule has 20 heteroatoms. The van der Waals surface area contributed by atoms with E-state index in [9.17, 15) is 36.0 Å². The molecule has 0 spiro atoms. The first kappa shape index (κ1) is 56.9. The van der Waals surface area contributed by atoms with Gasteiger partial charge in [-0.15, -0.1) is 0 Å². The van der Waals surface area contributed by atoms with Crippen LogP contribution in [-0.2, 0) is 55.0 Å². The van der Waals surface area contributed by atoms with Crippen molar-refractivity contribution in [1.29, 1.82) is 0 Å². The number of methoxy groups -OCH3 is 1. The second-order valence-corrected chi connectivity index (χ2v) is 23.4. The quantitative estimate of drug-likeness (QED) is 0.0961. The van der Waals surface area contributed by atoms with E-state index >= 15 is 0 Å². The monoisotopic (exact) mass is 980 g/mol. The minimum atomic E-state index is -3.48. The zero-order valence-corrected chi connectivity index (χ0v) is 43.5. The molecule has 2 aromatic heterocycles. The van der Waals surface area contributed by atoms with E-state index in [0.29, 0.717) is 84.0 Å². The van der Waals surface area contributed by atoms with Gasteiger partial charge in [0.05, 0.1) is 51.6 Å². The van der Waals surface area contributed by atoms with E-state index in [1.807, 2.05) is 41.5 Å². The molecule has 2 aromatic carbocycles. The molecule has 2 heterocycles. The number of hydrogen-bond acceptors (Lipinski definition) is 16. The van der Waals surface area contributed by atoms with E-state index in [4.69, 9.17) is 23.4 Å². The van der Waals surface area contributed by atoms with Gasteiger partial charge in [0.1, 0.15) is 22.7 Å². The van der Waals surface area contributed by atoms with Crippen molar-refractivity contribution in [3.8, 4) is 22.9 Å². The number of oxazole rings is 2. The van der Waals surface area contributed by atoms with Gasteiger partial charge >= 0.3 is 53.4 Å². The number of sulfone groups is 2. The number of carbonyl (C=O) groups is 4. The second-order valence-electron chi connectivity index (χ2n) is 18.8. The Bertz CT molecular complexity index is 2570. The molecule has 6 rings (SSSR count). The van der Waals surface area contributed by atoms with E-state index < -0.39 is 53.3 Å². The van der Waals surface area contributed by atoms with Gasteiger partial charge in [-0.2, -0.15) is 0 Å². The summed E-state index contributed by atoms with van der Waals surface area (Å²) in [6.45, 7) is 14.2. The van der Waals surface area contributed by atoms with Crippen LogP contribution in [0.4, 0.5) is 0 Å². The van der Waals surface area contributed by atoms with Crippen LogP contribution in [-0.4, -0.2) is 90.1 Å². The Morgan fingerprint density at radius 2 is 1.00 bits per heavy atom. The summed E-state index contributed by atoms with van der Waals surface area (Å²) in [5.74, 6) is -1.14. The Balaban J connectivity index is 0.000000345. The van der Waals surface area contributed by atoms with Gasteiger partial charge in [0.25, 0.3) is 0 Å². The molecular weight excluding hydrogens is 920 g/mol. The molecule has 0 aliphatic heterocycles. The summed E-state index contributed by atoms with van der Waals surface area (Å²) in [7, 11) is -5.63. The Morgan fingerprint density at radius 1 is 0.642 bits per heavy atom. The van der Waals surface area contributed by atoms with Crippen LogP contribution in [0.15, 0.2) is 57.4 Å². The van der Waals surface area contributed by atoms with Crippen molar-refractivity contribution in [2.75, 3.05) is 7.11 Å². The van der Waals surface area contributed by atoms with Crippen molar-refractivity contribution in [3.63, 3.8) is 0 Å². The third-order valence-electron chi connectivity index (χ3n) is 11.1. The smallest absolute Gasteiger partial charge is 0.870 e. The predicted molar refractivity (Wildman–Crippen MR) is 242 cm³/mol. The van der Waals surface area contributed by atoms with Gasteiger partial charge in [-0.05, 0) is 154 Å². The van der Waals surface area contributed by atoms with Crippen molar-refractivity contribution in [2.45, 2.75) is 140 Å². The average molecular weight is 981 g/mol. The minimum Gasteiger partial charge on any atom is -0.870 e. The molecule has 0 radical (unpaired) electrons. The zero-order chi connectivity index (χ0) is 48.1. The van der Waals surface area contributed by atoms with E-state index in [1.165, 1.54) is 19.2 Å². The van der Waals surface area contributed by atoms with E-state index in [2.05, 4.69) is 14.7 Å². The van der Waals surface area contributed by atoms with Crippen molar-refractivity contribution in [3.05, 3.63) is 82.6 Å². The van der Waals surface area contributed by atoms with E-state index in [0.717, 1.165) is 0 Å². The molecule has 2 saturated carbocycles. The van der Waals surface area contributed by atoms with Gasteiger partial charge in [-0.3, -0.25) is 9.59 Å². The van der Waals surface area contributed by atoms with Crippen LogP contribution in [0.1, 0.15) is 137 Å². The number of aromatic nitrogens is 2. The number of hydrogen-bond donors (Lipinski definition) is 1. The second kappa shape index (κ2) is 23.3. The van der Waals surface area contributed by atoms with Crippen LogP contribution in [0.25, 0.3) is 22.9 Å². The number of rotatable bonds is 14. The SMILES string of the molecule is COC(=O)c1ccc(-c2nc(CS(=O)(=O)[C@H]3CC[C@H](CC(=O)OC(C)(C)C)C3)c(C)o2)cc1.Cc1oc(-c2ccc(C(=O)O)cc2)nc1CS(=O)(=O)[C@H]1CC[C@H](CC(=O)OC(C)(C)C)C1.[Na+].[OH-]. The largest absolute Gasteiger partial charge is 1.00 e. The van der Waals surface area contributed by atoms with Crippen LogP contribution < -0.4 is 29.6 Å². The number of esters is 3. The molecule has 4 aromatic rings. The third kappa shape index (κ3) is 16.4. The first-order valence-corrected chi connectivity index (χ1v) is 25.0. The number of carboxylic acids is 1. The standard InChI is InChI=1S/C24H31NO7S.C23H29NO7S.Na.H2O/c1-15-20(25-22(31-15)17-7-9-18(10-8-17)23(27)30-5)14-33(28,29)19-11-6-16(12-19)13-21(26)32-24(2,3)4;1-14-19(24-21(30-14)16-6-8-17(9-7-16)22(26)27)13-32(28,29)18-10-5-15(11-18)12-20(25)31-23(2,3)4;;/h7-10,16,19H,6,11-14H2,1-5H3;6-9,15,18H,5,10-13H2,1-4H3,(H,26,27);;1H2/q;;+1;/p-1/t16-,19-;15-,18-;;/m00../s1. The fourth-order valence-corrected chi connectivity index (χ4v) is 11.8. The molecule has 2 fully saturated rings. The molecule has 2 N–H and O–H groups in total. The van der Waals surface area contributed by atoms with Crippen LogP contribution >= 0.6 is 0 Å². The maximum atomic E-state index is 13.1. The molecular formula is C47H61N2NaO15S2. The normalized spacial score (nSPS) is 18.4. The molecule has 0 unspecified atom stereocenters. The summed E-state index contributed by atoms with van der Waals surface area (Å²) in [5.41, 5.74) is 1.35. The average Bonchev–Trinajstić information content (AvgIpc) is 4.02. The number of carboxylic acid groups (broad SMARTS) is 1. The summed E-state index contributed by atoms with van der Waals surface area (Å²) in [5, 5.41) is 7.98. The molecule has 0 saturated heterocycles. The summed E-state index contributed by atoms with van der Waals surface area (Å²) in [6, 6.07) is 12.6. The number of aromatic carboxylic acids is 1. The Morgan fingerprint density at radius 3 is 1.33 bits per heavy atom.